The van der Waals surface area contributed by atoms with Crippen LogP contribution in [0.4, 0.5) is 11.4 Å². The molecule has 0 aromatic heterocycles. The summed E-state index contributed by atoms with van der Waals surface area (Å²) in [5.74, 6) is -2.10. The number of nitrogens with zero attached hydrogens (tertiary/aromatic N) is 1. The van der Waals surface area contributed by atoms with Gasteiger partial charge in [0.2, 0.25) is 0 Å². The van der Waals surface area contributed by atoms with Crippen molar-refractivity contribution in [2.45, 2.75) is 26.3 Å². The first-order valence-electron chi connectivity index (χ1n) is 10.0. The Balaban J connectivity index is 2.03. The molecule has 2 atom stereocenters. The van der Waals surface area contributed by atoms with Gasteiger partial charge in [-0.2, -0.15) is 0 Å². The fraction of sp³-hybridized carbons (Fsp3) is 0.318. The van der Waals surface area contributed by atoms with E-state index in [1.54, 1.807) is 19.1 Å². The van der Waals surface area contributed by atoms with Gasteiger partial charge in [0.25, 0.3) is 17.5 Å². The second kappa shape index (κ2) is 11.8. The van der Waals surface area contributed by atoms with Crippen LogP contribution in [-0.4, -0.2) is 42.5 Å². The first-order valence-corrected chi connectivity index (χ1v) is 10.4. The SMILES string of the molecule is CC[C@H](C)[C@H](NC(=O)c1ccc(Cl)cc1)C(=O)OCC(=O)Nc1ccc(OC)cc1[N+](=O)[O-]. The highest BCUT2D eigenvalue weighted by Gasteiger charge is 2.28. The Kier molecular flexibility index (Phi) is 9.17. The number of carbonyl (C=O) groups excluding carboxylic acids is 3. The summed E-state index contributed by atoms with van der Waals surface area (Å²) in [5.41, 5.74) is -0.136. The van der Waals surface area contributed by atoms with Gasteiger partial charge in [0.1, 0.15) is 17.5 Å². The van der Waals surface area contributed by atoms with Gasteiger partial charge in [-0.1, -0.05) is 31.9 Å². The molecule has 0 fully saturated rings. The van der Waals surface area contributed by atoms with Gasteiger partial charge in [-0.05, 0) is 42.3 Å². The summed E-state index contributed by atoms with van der Waals surface area (Å²) in [4.78, 5) is 47.9. The molecule has 11 heteroatoms. The zero-order chi connectivity index (χ0) is 24.5. The van der Waals surface area contributed by atoms with E-state index in [-0.39, 0.29) is 23.0 Å². The molecule has 2 amide bonds. The topological polar surface area (TPSA) is 137 Å². The Labute approximate surface area is 195 Å². The quantitative estimate of drug-likeness (QED) is 0.303. The summed E-state index contributed by atoms with van der Waals surface area (Å²) in [6, 6.07) is 9.06. The number of methoxy groups -OCH3 is 1. The molecule has 0 unspecified atom stereocenters. The molecule has 0 radical (unpaired) electrons. The first-order chi connectivity index (χ1) is 15.7. The lowest BCUT2D eigenvalue weighted by molar-refractivity contribution is -0.384. The molecule has 0 saturated heterocycles. The van der Waals surface area contributed by atoms with E-state index in [0.717, 1.165) is 6.07 Å². The average molecular weight is 478 g/mol. The molecule has 0 aliphatic carbocycles. The van der Waals surface area contributed by atoms with Crippen molar-refractivity contribution in [1.29, 1.82) is 0 Å². The Hall–Kier alpha value is -3.66. The maximum Gasteiger partial charge on any atom is 0.329 e. The van der Waals surface area contributed by atoms with Gasteiger partial charge < -0.3 is 20.1 Å². The first kappa shape index (κ1) is 25.6. The van der Waals surface area contributed by atoms with Gasteiger partial charge in [-0.25, -0.2) is 4.79 Å². The Bertz CT molecular complexity index is 1030. The third-order valence-corrected chi connectivity index (χ3v) is 5.13. The van der Waals surface area contributed by atoms with Crippen LogP contribution in [0.2, 0.25) is 5.02 Å². The van der Waals surface area contributed by atoms with Crippen molar-refractivity contribution < 1.29 is 28.8 Å². The van der Waals surface area contributed by atoms with E-state index in [2.05, 4.69) is 10.6 Å². The molecule has 0 bridgehead atoms. The molecule has 2 aromatic rings. The van der Waals surface area contributed by atoms with E-state index < -0.39 is 35.4 Å². The van der Waals surface area contributed by atoms with Gasteiger partial charge >= 0.3 is 5.97 Å². The van der Waals surface area contributed by atoms with Crippen LogP contribution in [0, 0.1) is 16.0 Å². The fourth-order valence-corrected chi connectivity index (χ4v) is 2.93. The number of nitrogens with one attached hydrogen (secondary N) is 2. The minimum atomic E-state index is -0.999. The van der Waals surface area contributed by atoms with E-state index in [1.807, 2.05) is 6.92 Å². The molecule has 176 valence electrons. The number of amides is 2. The zero-order valence-electron chi connectivity index (χ0n) is 18.3. The van der Waals surface area contributed by atoms with Crippen molar-refractivity contribution in [3.05, 3.63) is 63.2 Å². The second-order valence-electron chi connectivity index (χ2n) is 7.14. The average Bonchev–Trinajstić information content (AvgIpc) is 2.80. The predicted octanol–water partition coefficient (Wildman–Crippen LogP) is 3.58. The van der Waals surface area contributed by atoms with Crippen molar-refractivity contribution in [2.75, 3.05) is 19.0 Å². The van der Waals surface area contributed by atoms with E-state index in [4.69, 9.17) is 21.1 Å². The third kappa shape index (κ3) is 7.18. The van der Waals surface area contributed by atoms with Crippen LogP contribution in [-0.2, 0) is 14.3 Å². The van der Waals surface area contributed by atoms with Crippen molar-refractivity contribution in [1.82, 2.24) is 5.32 Å². The number of halogens is 1. The molecule has 2 aromatic carbocycles. The molecular weight excluding hydrogens is 454 g/mol. The fourth-order valence-electron chi connectivity index (χ4n) is 2.80. The number of rotatable bonds is 10. The van der Waals surface area contributed by atoms with Crippen molar-refractivity contribution >= 4 is 40.8 Å². The number of hydrogen-bond donors (Lipinski definition) is 2. The summed E-state index contributed by atoms with van der Waals surface area (Å²) < 4.78 is 10.0. The Morgan fingerprint density at radius 3 is 2.39 bits per heavy atom. The summed E-state index contributed by atoms with van der Waals surface area (Å²) >= 11 is 5.83. The van der Waals surface area contributed by atoms with Crippen LogP contribution in [0.3, 0.4) is 0 Å². The molecule has 33 heavy (non-hydrogen) atoms. The van der Waals surface area contributed by atoms with Gasteiger partial charge in [-0.15, -0.1) is 0 Å². The molecule has 0 aliphatic rings. The second-order valence-corrected chi connectivity index (χ2v) is 7.58. The van der Waals surface area contributed by atoms with Gasteiger partial charge in [0.05, 0.1) is 18.1 Å². The Morgan fingerprint density at radius 2 is 1.82 bits per heavy atom. The van der Waals surface area contributed by atoms with Gasteiger partial charge in [0, 0.05) is 10.6 Å². The van der Waals surface area contributed by atoms with Crippen LogP contribution < -0.4 is 15.4 Å². The highest BCUT2D eigenvalue weighted by atomic mass is 35.5. The number of hydrogen-bond acceptors (Lipinski definition) is 7. The smallest absolute Gasteiger partial charge is 0.329 e. The number of ether oxygens (including phenoxy) is 2. The number of carbonyl (C=O) groups is 3. The number of nitro groups is 1. The number of benzene rings is 2. The van der Waals surface area contributed by atoms with Crippen molar-refractivity contribution in [2.24, 2.45) is 5.92 Å². The molecule has 0 aliphatic heterocycles. The van der Waals surface area contributed by atoms with Crippen LogP contribution in [0.5, 0.6) is 5.75 Å². The summed E-state index contributed by atoms with van der Waals surface area (Å²) in [5, 5.41) is 16.7. The van der Waals surface area contributed by atoms with Gasteiger partial charge in [-0.3, -0.25) is 19.7 Å². The molecule has 2 rings (SSSR count). The number of anilines is 1. The maximum absolute atomic E-state index is 12.6. The molecular formula is C22H24ClN3O7. The lowest BCUT2D eigenvalue weighted by Crippen LogP contribution is -2.46. The minimum absolute atomic E-state index is 0.0728. The zero-order valence-corrected chi connectivity index (χ0v) is 19.0. The standard InChI is InChI=1S/C22H24ClN3O7/c1-4-13(2)20(25-21(28)14-5-7-15(23)8-6-14)22(29)33-12-19(27)24-17-10-9-16(32-3)11-18(17)26(30)31/h5-11,13,20H,4,12H2,1-3H3,(H,24,27)(H,25,28)/t13-,20-/m0/s1. The largest absolute Gasteiger partial charge is 0.496 e. The molecule has 2 N–H and O–H groups in total. The molecule has 0 saturated carbocycles. The highest BCUT2D eigenvalue weighted by molar-refractivity contribution is 6.30. The minimum Gasteiger partial charge on any atom is -0.496 e. The van der Waals surface area contributed by atoms with Crippen LogP contribution in [0.25, 0.3) is 0 Å². The predicted molar refractivity (Wildman–Crippen MR) is 121 cm³/mol. The normalized spacial score (nSPS) is 12.2. The molecule has 0 spiro atoms. The Morgan fingerprint density at radius 1 is 1.15 bits per heavy atom. The van der Waals surface area contributed by atoms with Gasteiger partial charge in [0.15, 0.2) is 6.61 Å². The van der Waals surface area contributed by atoms with E-state index in [9.17, 15) is 24.5 Å². The lowest BCUT2D eigenvalue weighted by atomic mass is 9.99. The number of nitro benzene ring substituents is 1. The molecule has 0 heterocycles. The number of esters is 1. The van der Waals surface area contributed by atoms with Crippen molar-refractivity contribution in [3.8, 4) is 5.75 Å². The van der Waals surface area contributed by atoms with Crippen molar-refractivity contribution in [3.63, 3.8) is 0 Å². The van der Waals surface area contributed by atoms with Crippen LogP contribution >= 0.6 is 11.6 Å². The lowest BCUT2D eigenvalue weighted by Gasteiger charge is -2.22. The van der Waals surface area contributed by atoms with Crippen LogP contribution in [0.15, 0.2) is 42.5 Å². The van der Waals surface area contributed by atoms with E-state index in [0.29, 0.717) is 17.0 Å². The molecule has 10 nitrogen and oxygen atoms in total. The van der Waals surface area contributed by atoms with Crippen LogP contribution in [0.1, 0.15) is 30.6 Å². The monoisotopic (exact) mass is 477 g/mol. The summed E-state index contributed by atoms with van der Waals surface area (Å²) in [6.45, 7) is 2.91. The third-order valence-electron chi connectivity index (χ3n) is 4.88. The van der Waals surface area contributed by atoms with E-state index >= 15 is 0 Å². The summed E-state index contributed by atoms with van der Waals surface area (Å²) in [7, 11) is 1.36. The summed E-state index contributed by atoms with van der Waals surface area (Å²) in [6.07, 6.45) is 0.560. The van der Waals surface area contributed by atoms with E-state index in [1.165, 1.54) is 31.4 Å². The highest BCUT2D eigenvalue weighted by Crippen LogP contribution is 2.28. The maximum atomic E-state index is 12.6.